The van der Waals surface area contributed by atoms with Gasteiger partial charge in [-0.2, -0.15) is 5.26 Å². The topological polar surface area (TPSA) is 132 Å². The summed E-state index contributed by atoms with van der Waals surface area (Å²) >= 11 is 0. The Kier molecular flexibility index (Phi) is 7.13. The van der Waals surface area contributed by atoms with Crippen LogP contribution in [0.4, 0.5) is 5.82 Å². The van der Waals surface area contributed by atoms with Gasteiger partial charge < -0.3 is 15.4 Å². The number of rotatable bonds is 5. The van der Waals surface area contributed by atoms with E-state index < -0.39 is 0 Å². The second kappa shape index (κ2) is 10.7. The third-order valence-corrected chi connectivity index (χ3v) is 6.80. The zero-order valence-electron chi connectivity index (χ0n) is 22.7. The molecule has 0 saturated carbocycles. The van der Waals surface area contributed by atoms with Crippen molar-refractivity contribution < 1.29 is 9.53 Å². The minimum atomic E-state index is -0.292. The zero-order valence-corrected chi connectivity index (χ0v) is 22.7. The van der Waals surface area contributed by atoms with Crippen LogP contribution in [0.2, 0.25) is 0 Å². The molecule has 2 aromatic carbocycles. The Morgan fingerprint density at radius 1 is 1.05 bits per heavy atom. The number of amides is 1. The number of allylic oxidation sites excluding steroid dienone is 1. The number of likely N-dealkylation sites (tertiary alicyclic amines) is 1. The van der Waals surface area contributed by atoms with Gasteiger partial charge in [0.2, 0.25) is 0 Å². The molecule has 40 heavy (non-hydrogen) atoms. The van der Waals surface area contributed by atoms with E-state index in [1.54, 1.807) is 39.8 Å². The van der Waals surface area contributed by atoms with E-state index >= 15 is 0 Å². The van der Waals surface area contributed by atoms with Gasteiger partial charge in [0.15, 0.2) is 11.5 Å². The summed E-state index contributed by atoms with van der Waals surface area (Å²) in [5.41, 5.74) is 7.30. The number of nitrogen functional groups attached to an aromatic ring is 1. The summed E-state index contributed by atoms with van der Waals surface area (Å²) in [7, 11) is 0. The molecular formula is C30H31N7O3. The molecule has 1 aliphatic heterocycles. The number of anilines is 1. The third-order valence-electron chi connectivity index (χ3n) is 6.80. The predicted molar refractivity (Wildman–Crippen MR) is 152 cm³/mol. The van der Waals surface area contributed by atoms with Crippen LogP contribution in [0, 0.1) is 16.7 Å². The van der Waals surface area contributed by atoms with Gasteiger partial charge in [0.05, 0.1) is 5.69 Å². The van der Waals surface area contributed by atoms with Crippen molar-refractivity contribution in [2.75, 3.05) is 18.8 Å². The van der Waals surface area contributed by atoms with E-state index in [-0.39, 0.29) is 34.4 Å². The highest BCUT2D eigenvalue weighted by molar-refractivity contribution is 5.97. The molecule has 10 nitrogen and oxygen atoms in total. The molecule has 5 rings (SSSR count). The molecule has 1 fully saturated rings. The van der Waals surface area contributed by atoms with Crippen molar-refractivity contribution in [2.45, 2.75) is 39.7 Å². The van der Waals surface area contributed by atoms with Gasteiger partial charge in [-0.15, -0.1) is 0 Å². The number of nitrogens with two attached hydrogens (primary N) is 1. The first-order valence-electron chi connectivity index (χ1n) is 13.2. The average molecular weight is 538 g/mol. The second-order valence-electron chi connectivity index (χ2n) is 10.9. The number of hydrogen-bond donors (Lipinski definition) is 1. The first kappa shape index (κ1) is 26.7. The molecule has 4 aromatic rings. The quantitative estimate of drug-likeness (QED) is 0.290. The number of piperidine rings is 1. The molecule has 0 spiro atoms. The van der Waals surface area contributed by atoms with Crippen molar-refractivity contribution in [3.8, 4) is 23.3 Å². The van der Waals surface area contributed by atoms with E-state index in [0.717, 1.165) is 0 Å². The molecule has 2 aromatic heterocycles. The summed E-state index contributed by atoms with van der Waals surface area (Å²) in [6, 6.07) is 18.5. The number of hydrogen-bond acceptors (Lipinski definition) is 7. The first-order chi connectivity index (χ1) is 19.2. The number of fused-ring (bicyclic) bond motifs is 1. The molecule has 1 aliphatic rings. The summed E-state index contributed by atoms with van der Waals surface area (Å²) in [4.78, 5) is 37.1. The number of ether oxygens (including phenoxy) is 1. The lowest BCUT2D eigenvalue weighted by Gasteiger charge is -2.32. The van der Waals surface area contributed by atoms with Crippen molar-refractivity contribution in [1.29, 1.82) is 5.26 Å². The van der Waals surface area contributed by atoms with Gasteiger partial charge in [0, 0.05) is 19.1 Å². The summed E-state index contributed by atoms with van der Waals surface area (Å²) in [6.07, 6.45) is 4.12. The van der Waals surface area contributed by atoms with E-state index in [4.69, 9.17) is 10.5 Å². The number of carbonyl (C=O) groups is 1. The first-order valence-corrected chi connectivity index (χ1v) is 13.2. The van der Waals surface area contributed by atoms with Gasteiger partial charge in [-0.1, -0.05) is 45.0 Å². The molecule has 10 heteroatoms. The van der Waals surface area contributed by atoms with Gasteiger partial charge in [-0.05, 0) is 54.7 Å². The van der Waals surface area contributed by atoms with E-state index in [9.17, 15) is 14.9 Å². The minimum absolute atomic E-state index is 0.139. The second-order valence-corrected chi connectivity index (χ2v) is 10.9. The van der Waals surface area contributed by atoms with Crippen LogP contribution < -0.4 is 16.2 Å². The predicted octanol–water partition coefficient (Wildman–Crippen LogP) is 4.62. The molecule has 204 valence electrons. The highest BCUT2D eigenvalue weighted by atomic mass is 16.5. The largest absolute Gasteiger partial charge is 0.457 e. The third kappa shape index (κ3) is 5.31. The zero-order chi connectivity index (χ0) is 28.4. The van der Waals surface area contributed by atoms with Crippen LogP contribution in [0.1, 0.15) is 39.7 Å². The number of para-hydroxylation sites is 1. The molecular weight excluding hydrogens is 506 g/mol. The Morgan fingerprint density at radius 2 is 1.70 bits per heavy atom. The Morgan fingerprint density at radius 3 is 2.33 bits per heavy atom. The van der Waals surface area contributed by atoms with Crippen molar-refractivity contribution in [1.82, 2.24) is 24.0 Å². The van der Waals surface area contributed by atoms with Crippen molar-refractivity contribution in [2.24, 2.45) is 5.41 Å². The van der Waals surface area contributed by atoms with Crippen molar-refractivity contribution in [3.63, 3.8) is 0 Å². The summed E-state index contributed by atoms with van der Waals surface area (Å²) in [5, 5.41) is 9.56. The fourth-order valence-corrected chi connectivity index (χ4v) is 5.00. The van der Waals surface area contributed by atoms with Crippen molar-refractivity contribution >= 4 is 22.9 Å². The lowest BCUT2D eigenvalue weighted by molar-refractivity contribution is -0.128. The standard InChI is InChI=1S/C30H31N7O3/c1-30(2,3)17-20(18-31)28(38)35-15-13-22(14-16-35)37-27-25(26(32)33-19-34-27)36(29(37)39)21-9-11-24(12-10-21)40-23-7-5-4-6-8-23/h4-12,17,19,22H,13-16H2,1-3H3,(H2,32,33,34)/b20-17-. The number of nitriles is 1. The molecule has 1 saturated heterocycles. The SMILES string of the molecule is CC(C)(C)/C=C(/C#N)C(=O)N1CCC(n2c(=O)n(-c3ccc(Oc4ccccc4)cc3)c3c(N)ncnc32)CC1. The number of carbonyl (C=O) groups excluding carboxylic acids is 1. The molecule has 0 unspecified atom stereocenters. The van der Waals surface area contributed by atoms with Gasteiger partial charge in [-0.3, -0.25) is 13.9 Å². The van der Waals surface area contributed by atoms with E-state index in [1.807, 2.05) is 57.2 Å². The van der Waals surface area contributed by atoms with E-state index in [2.05, 4.69) is 9.97 Å². The van der Waals surface area contributed by atoms with Crippen LogP contribution in [0.5, 0.6) is 11.5 Å². The highest BCUT2D eigenvalue weighted by Gasteiger charge is 2.30. The van der Waals surface area contributed by atoms with E-state index in [0.29, 0.717) is 54.3 Å². The molecule has 0 aliphatic carbocycles. The van der Waals surface area contributed by atoms with Crippen LogP contribution in [0.25, 0.3) is 16.9 Å². The molecule has 3 heterocycles. The number of nitrogens with zero attached hydrogens (tertiary/aromatic N) is 6. The summed E-state index contributed by atoms with van der Waals surface area (Å²) in [5.74, 6) is 1.26. The Labute approximate surface area is 231 Å². The number of imidazole rings is 1. The molecule has 2 N–H and O–H groups in total. The lowest BCUT2D eigenvalue weighted by atomic mass is 9.93. The van der Waals surface area contributed by atoms with Crippen LogP contribution in [0.15, 0.2) is 77.4 Å². The number of benzene rings is 2. The Hall–Kier alpha value is -4.91. The maximum Gasteiger partial charge on any atom is 0.335 e. The lowest BCUT2D eigenvalue weighted by Crippen LogP contribution is -2.41. The summed E-state index contributed by atoms with van der Waals surface area (Å²) in [6.45, 7) is 6.67. The molecule has 0 atom stereocenters. The fraction of sp³-hybridized carbons (Fsp3) is 0.300. The average Bonchev–Trinajstić information content (AvgIpc) is 3.25. The van der Waals surface area contributed by atoms with Crippen LogP contribution in [-0.4, -0.2) is 43.0 Å². The van der Waals surface area contributed by atoms with Crippen LogP contribution in [-0.2, 0) is 4.79 Å². The van der Waals surface area contributed by atoms with Gasteiger partial charge in [0.25, 0.3) is 5.91 Å². The minimum Gasteiger partial charge on any atom is -0.457 e. The van der Waals surface area contributed by atoms with Crippen molar-refractivity contribution in [3.05, 3.63) is 83.1 Å². The van der Waals surface area contributed by atoms with Gasteiger partial charge in [-0.25, -0.2) is 14.8 Å². The Bertz CT molecular complexity index is 1670. The maximum atomic E-state index is 13.9. The molecule has 1 amide bonds. The van der Waals surface area contributed by atoms with Gasteiger partial charge >= 0.3 is 5.69 Å². The monoisotopic (exact) mass is 537 g/mol. The molecule has 0 bridgehead atoms. The summed E-state index contributed by atoms with van der Waals surface area (Å²) < 4.78 is 9.07. The molecule has 0 radical (unpaired) electrons. The van der Waals surface area contributed by atoms with E-state index in [1.165, 1.54) is 10.9 Å². The highest BCUT2D eigenvalue weighted by Crippen LogP contribution is 2.30. The maximum absolute atomic E-state index is 13.9. The smallest absolute Gasteiger partial charge is 0.335 e. The Balaban J connectivity index is 1.43. The van der Waals surface area contributed by atoms with Crippen LogP contribution >= 0.6 is 0 Å². The number of aromatic nitrogens is 4. The fourth-order valence-electron chi connectivity index (χ4n) is 5.00. The van der Waals surface area contributed by atoms with Gasteiger partial charge in [0.1, 0.15) is 35.0 Å². The van der Waals surface area contributed by atoms with Crippen LogP contribution in [0.3, 0.4) is 0 Å². The normalized spacial score (nSPS) is 14.8.